The molecule has 0 saturated carbocycles. The van der Waals surface area contributed by atoms with Crippen molar-refractivity contribution in [2.24, 2.45) is 0 Å². The van der Waals surface area contributed by atoms with E-state index in [9.17, 15) is 4.79 Å². The molecule has 2 rings (SSSR count). The first-order valence-electron chi connectivity index (χ1n) is 5.32. The largest absolute Gasteiger partial charge is 0.372 e. The van der Waals surface area contributed by atoms with Gasteiger partial charge in [-0.05, 0) is 24.6 Å². The maximum absolute atomic E-state index is 12.3. The second-order valence-electron chi connectivity index (χ2n) is 3.87. The van der Waals surface area contributed by atoms with Crippen LogP contribution in [0.5, 0.6) is 0 Å². The number of nitrogens with one attached hydrogen (secondary N) is 1. The fourth-order valence-corrected chi connectivity index (χ4v) is 2.33. The highest BCUT2D eigenvalue weighted by atomic mass is 35.5. The van der Waals surface area contributed by atoms with Gasteiger partial charge in [0.1, 0.15) is 5.16 Å². The zero-order valence-corrected chi connectivity index (χ0v) is 11.8. The maximum Gasteiger partial charge on any atom is 0.197 e. The number of benzene rings is 1. The maximum atomic E-state index is 12.3. The smallest absolute Gasteiger partial charge is 0.197 e. The van der Waals surface area contributed by atoms with Crippen LogP contribution in [0.2, 0.25) is 10.0 Å². The number of halogens is 3. The number of hydrogen-bond acceptors (Lipinski definition) is 2. The molecular formula is C13H10Cl3NO. The summed E-state index contributed by atoms with van der Waals surface area (Å²) in [5, 5.41) is 4.14. The Morgan fingerprint density at radius 1 is 1.28 bits per heavy atom. The van der Waals surface area contributed by atoms with E-state index in [0.717, 1.165) is 0 Å². The Hall–Kier alpha value is -0.960. The molecule has 1 aromatic rings. The molecule has 94 valence electrons. The van der Waals surface area contributed by atoms with Crippen LogP contribution in [0, 0.1) is 6.92 Å². The van der Waals surface area contributed by atoms with Crippen molar-refractivity contribution < 1.29 is 4.79 Å². The Morgan fingerprint density at radius 3 is 2.67 bits per heavy atom. The fraction of sp³-hybridized carbons (Fsp3) is 0.154. The van der Waals surface area contributed by atoms with Crippen LogP contribution in [-0.2, 0) is 0 Å². The first kappa shape index (κ1) is 13.5. The van der Waals surface area contributed by atoms with Gasteiger partial charge >= 0.3 is 0 Å². The van der Waals surface area contributed by atoms with Crippen molar-refractivity contribution in [3.05, 3.63) is 56.2 Å². The predicted octanol–water partition coefficient (Wildman–Crippen LogP) is 4.09. The first-order valence-corrected chi connectivity index (χ1v) is 6.45. The van der Waals surface area contributed by atoms with E-state index in [2.05, 4.69) is 5.32 Å². The molecule has 0 aromatic heterocycles. The molecule has 0 radical (unpaired) electrons. The standard InChI is InChI=1S/C13H10Cl3NO/c1-7-10(14)5-4-8(11(7)15)12(18)9-3-2-6-17-13(9)16/h2-5,17H,6H2,1H3. The molecule has 1 N–H and O–H groups in total. The lowest BCUT2D eigenvalue weighted by molar-refractivity contribution is 0.103. The summed E-state index contributed by atoms with van der Waals surface area (Å²) in [6.07, 6.45) is 3.53. The molecule has 1 aliphatic heterocycles. The molecule has 0 amide bonds. The predicted molar refractivity (Wildman–Crippen MR) is 75.6 cm³/mol. The van der Waals surface area contributed by atoms with Crippen molar-refractivity contribution in [2.45, 2.75) is 6.92 Å². The summed E-state index contributed by atoms with van der Waals surface area (Å²) in [7, 11) is 0. The average Bonchev–Trinajstić information content (AvgIpc) is 2.36. The normalized spacial score (nSPS) is 14.7. The lowest BCUT2D eigenvalue weighted by atomic mass is 10.0. The third-order valence-electron chi connectivity index (χ3n) is 2.71. The molecule has 0 spiro atoms. The van der Waals surface area contributed by atoms with E-state index in [1.165, 1.54) is 0 Å². The Morgan fingerprint density at radius 2 is 2.00 bits per heavy atom. The molecule has 2 nitrogen and oxygen atoms in total. The SMILES string of the molecule is Cc1c(Cl)ccc(C(=O)C2=C(Cl)NCC=C2)c1Cl. The molecule has 1 aliphatic rings. The lowest BCUT2D eigenvalue weighted by Gasteiger charge is -2.13. The molecule has 0 saturated heterocycles. The number of dihydropyridines is 1. The van der Waals surface area contributed by atoms with Gasteiger partial charge in [0.05, 0.1) is 10.6 Å². The quantitative estimate of drug-likeness (QED) is 0.658. The van der Waals surface area contributed by atoms with Crippen LogP contribution in [0.3, 0.4) is 0 Å². The molecule has 0 unspecified atom stereocenters. The Bertz CT molecular complexity index is 576. The fourth-order valence-electron chi connectivity index (χ4n) is 1.65. The molecule has 0 fully saturated rings. The van der Waals surface area contributed by atoms with Gasteiger partial charge in [-0.3, -0.25) is 4.79 Å². The summed E-state index contributed by atoms with van der Waals surface area (Å²) in [6, 6.07) is 3.27. The summed E-state index contributed by atoms with van der Waals surface area (Å²) in [5.74, 6) is -0.215. The van der Waals surface area contributed by atoms with Crippen molar-refractivity contribution in [3.8, 4) is 0 Å². The Labute approximate surface area is 120 Å². The van der Waals surface area contributed by atoms with Crippen LogP contribution in [0.25, 0.3) is 0 Å². The highest BCUT2D eigenvalue weighted by Gasteiger charge is 2.20. The number of allylic oxidation sites excluding steroid dienone is 2. The van der Waals surface area contributed by atoms with Gasteiger partial charge < -0.3 is 5.32 Å². The van der Waals surface area contributed by atoms with Crippen molar-refractivity contribution in [3.63, 3.8) is 0 Å². The second-order valence-corrected chi connectivity index (χ2v) is 5.04. The van der Waals surface area contributed by atoms with Crippen LogP contribution in [0.15, 0.2) is 35.0 Å². The highest BCUT2D eigenvalue weighted by molar-refractivity contribution is 6.40. The zero-order chi connectivity index (χ0) is 13.3. The summed E-state index contributed by atoms with van der Waals surface area (Å²) in [5.41, 5.74) is 1.50. The van der Waals surface area contributed by atoms with Gasteiger partial charge in [-0.2, -0.15) is 0 Å². The minimum atomic E-state index is -0.215. The van der Waals surface area contributed by atoms with E-state index in [0.29, 0.717) is 38.4 Å². The van der Waals surface area contributed by atoms with E-state index >= 15 is 0 Å². The molecule has 1 aromatic carbocycles. The minimum absolute atomic E-state index is 0.215. The third kappa shape index (κ3) is 2.41. The van der Waals surface area contributed by atoms with Crippen LogP contribution in [0.4, 0.5) is 0 Å². The van der Waals surface area contributed by atoms with E-state index in [4.69, 9.17) is 34.8 Å². The molecule has 1 heterocycles. The van der Waals surface area contributed by atoms with Gasteiger partial charge in [0, 0.05) is 17.1 Å². The third-order valence-corrected chi connectivity index (χ3v) is 3.94. The van der Waals surface area contributed by atoms with Crippen molar-refractivity contribution in [1.29, 1.82) is 0 Å². The molecule has 0 atom stereocenters. The average molecular weight is 303 g/mol. The molecule has 0 aliphatic carbocycles. The zero-order valence-electron chi connectivity index (χ0n) is 9.56. The first-order chi connectivity index (χ1) is 8.52. The Balaban J connectivity index is 2.47. The number of hydrogen-bond donors (Lipinski definition) is 1. The van der Waals surface area contributed by atoms with Crippen LogP contribution < -0.4 is 5.32 Å². The number of carbonyl (C=O) groups is 1. The van der Waals surface area contributed by atoms with E-state index < -0.39 is 0 Å². The summed E-state index contributed by atoms with van der Waals surface area (Å²) in [6.45, 7) is 2.38. The van der Waals surface area contributed by atoms with Crippen molar-refractivity contribution in [2.75, 3.05) is 6.54 Å². The van der Waals surface area contributed by atoms with Gasteiger partial charge in [-0.25, -0.2) is 0 Å². The monoisotopic (exact) mass is 301 g/mol. The van der Waals surface area contributed by atoms with E-state index in [1.807, 2.05) is 6.08 Å². The van der Waals surface area contributed by atoms with Gasteiger partial charge in [-0.15, -0.1) is 0 Å². The van der Waals surface area contributed by atoms with Gasteiger partial charge in [-0.1, -0.05) is 47.0 Å². The van der Waals surface area contributed by atoms with Gasteiger partial charge in [0.15, 0.2) is 5.78 Å². The number of rotatable bonds is 2. The van der Waals surface area contributed by atoms with Crippen LogP contribution in [0.1, 0.15) is 15.9 Å². The molecule has 18 heavy (non-hydrogen) atoms. The highest BCUT2D eigenvalue weighted by Crippen LogP contribution is 2.30. The lowest BCUT2D eigenvalue weighted by Crippen LogP contribution is -2.18. The summed E-state index contributed by atoms with van der Waals surface area (Å²) in [4.78, 5) is 12.3. The summed E-state index contributed by atoms with van der Waals surface area (Å²) < 4.78 is 0. The van der Waals surface area contributed by atoms with Crippen LogP contribution in [-0.4, -0.2) is 12.3 Å². The molecular weight excluding hydrogens is 293 g/mol. The number of Topliss-reactive ketones (excluding diaryl/α,β-unsaturated/α-hetero) is 1. The van der Waals surface area contributed by atoms with Crippen molar-refractivity contribution >= 4 is 40.6 Å². The Kier molecular flexibility index (Phi) is 4.00. The summed E-state index contributed by atoms with van der Waals surface area (Å²) >= 11 is 18.1. The van der Waals surface area contributed by atoms with Gasteiger partial charge in [0.25, 0.3) is 0 Å². The van der Waals surface area contributed by atoms with Crippen LogP contribution >= 0.6 is 34.8 Å². The molecule has 0 bridgehead atoms. The van der Waals surface area contributed by atoms with E-state index in [1.54, 1.807) is 25.1 Å². The number of ketones is 1. The van der Waals surface area contributed by atoms with Gasteiger partial charge in [0.2, 0.25) is 0 Å². The topological polar surface area (TPSA) is 29.1 Å². The second kappa shape index (κ2) is 5.35. The minimum Gasteiger partial charge on any atom is -0.372 e. The van der Waals surface area contributed by atoms with Crippen molar-refractivity contribution in [1.82, 2.24) is 5.32 Å². The van der Waals surface area contributed by atoms with E-state index in [-0.39, 0.29) is 5.78 Å². The number of carbonyl (C=O) groups excluding carboxylic acids is 1. The molecule has 5 heteroatoms.